The largest absolute Gasteiger partial charge is 0.375 e. The van der Waals surface area contributed by atoms with E-state index in [9.17, 15) is 0 Å². The number of hydrogen-bond acceptors (Lipinski definition) is 2. The average Bonchev–Trinajstić information content (AvgIpc) is 2.78. The van der Waals surface area contributed by atoms with E-state index in [1.165, 1.54) is 47.6 Å². The zero-order valence-corrected chi connectivity index (χ0v) is 18.6. The van der Waals surface area contributed by atoms with Crippen LogP contribution >= 0.6 is 12.2 Å². The van der Waals surface area contributed by atoms with Crippen molar-refractivity contribution in [3.63, 3.8) is 0 Å². The summed E-state index contributed by atoms with van der Waals surface area (Å²) in [6.07, 6.45) is 5.87. The second kappa shape index (κ2) is 10.2. The Kier molecular flexibility index (Phi) is 7.14. The summed E-state index contributed by atoms with van der Waals surface area (Å²) in [5.41, 5.74) is 2.73. The lowest BCUT2D eigenvalue weighted by molar-refractivity contribution is 0.307. The van der Waals surface area contributed by atoms with E-state index in [2.05, 4.69) is 90.4 Å². The maximum Gasteiger partial charge on any atom is 0.0762 e. The van der Waals surface area contributed by atoms with E-state index in [4.69, 9.17) is 12.2 Å². The van der Waals surface area contributed by atoms with Crippen LogP contribution in [0.25, 0.3) is 10.8 Å². The minimum Gasteiger partial charge on any atom is -0.375 e. The highest BCUT2D eigenvalue weighted by molar-refractivity contribution is 7.80. The van der Waals surface area contributed by atoms with Gasteiger partial charge < -0.3 is 10.6 Å². The first-order valence-electron chi connectivity index (χ1n) is 11.2. The number of nitrogens with one attached hydrogen (secondary N) is 2. The molecule has 1 aliphatic rings. The van der Waals surface area contributed by atoms with Crippen LogP contribution in [-0.4, -0.2) is 17.1 Å². The first kappa shape index (κ1) is 21.0. The summed E-state index contributed by atoms with van der Waals surface area (Å²) in [6.45, 7) is 3.21. The topological polar surface area (TPSA) is 24.1 Å². The molecule has 0 amide bonds. The van der Waals surface area contributed by atoms with Crippen LogP contribution in [0.15, 0.2) is 72.8 Å². The molecule has 2 N–H and O–H groups in total. The van der Waals surface area contributed by atoms with Gasteiger partial charge in [0.2, 0.25) is 0 Å². The van der Waals surface area contributed by atoms with Gasteiger partial charge in [0.1, 0.15) is 0 Å². The molecule has 3 heteroatoms. The quantitative estimate of drug-likeness (QED) is 0.439. The normalized spacial score (nSPS) is 20.0. The van der Waals surface area contributed by atoms with Crippen LogP contribution in [0, 0.1) is 0 Å². The van der Waals surface area contributed by atoms with E-state index in [0.717, 1.165) is 18.0 Å². The molecule has 1 saturated carbocycles. The van der Waals surface area contributed by atoms with Crippen LogP contribution in [0.1, 0.15) is 56.1 Å². The Morgan fingerprint density at radius 2 is 1.60 bits per heavy atom. The SMILES string of the molecule is C[C@H](CC(=S)N[C@@H]1CCCC[C@H]1NCc1ccccc1)c1cccc2ccccc12. The molecule has 3 atom stereocenters. The van der Waals surface area contributed by atoms with Gasteiger partial charge in [-0.1, -0.05) is 105 Å². The van der Waals surface area contributed by atoms with E-state index in [1.54, 1.807) is 0 Å². The number of rotatable bonds is 7. The van der Waals surface area contributed by atoms with Crippen LogP contribution in [0.3, 0.4) is 0 Å². The summed E-state index contributed by atoms with van der Waals surface area (Å²) in [7, 11) is 0. The highest BCUT2D eigenvalue weighted by Crippen LogP contribution is 2.28. The van der Waals surface area contributed by atoms with Gasteiger partial charge in [0.15, 0.2) is 0 Å². The molecule has 156 valence electrons. The Morgan fingerprint density at radius 3 is 2.43 bits per heavy atom. The first-order valence-corrected chi connectivity index (χ1v) is 11.7. The molecule has 30 heavy (non-hydrogen) atoms. The highest BCUT2D eigenvalue weighted by Gasteiger charge is 2.25. The Labute approximate surface area is 186 Å². The molecular weight excluding hydrogens is 384 g/mol. The third-order valence-electron chi connectivity index (χ3n) is 6.37. The summed E-state index contributed by atoms with van der Waals surface area (Å²) >= 11 is 5.83. The molecular formula is C27H32N2S. The smallest absolute Gasteiger partial charge is 0.0762 e. The van der Waals surface area contributed by atoms with Gasteiger partial charge in [-0.3, -0.25) is 0 Å². The van der Waals surface area contributed by atoms with Crippen molar-refractivity contribution in [2.75, 3.05) is 0 Å². The fraction of sp³-hybridized carbons (Fsp3) is 0.370. The van der Waals surface area contributed by atoms with E-state index in [0.29, 0.717) is 18.0 Å². The molecule has 0 aliphatic heterocycles. The van der Waals surface area contributed by atoms with Gasteiger partial charge in [-0.15, -0.1) is 0 Å². The first-order chi connectivity index (χ1) is 14.7. The minimum atomic E-state index is 0.399. The number of hydrogen-bond donors (Lipinski definition) is 2. The number of thiocarbonyl (C=S) groups is 1. The fourth-order valence-corrected chi connectivity index (χ4v) is 5.13. The van der Waals surface area contributed by atoms with Crippen molar-refractivity contribution >= 4 is 28.0 Å². The van der Waals surface area contributed by atoms with Crippen LogP contribution in [0.5, 0.6) is 0 Å². The Bertz CT molecular complexity index is 964. The lowest BCUT2D eigenvalue weighted by atomic mass is 9.89. The van der Waals surface area contributed by atoms with Gasteiger partial charge in [-0.25, -0.2) is 0 Å². The molecule has 1 aliphatic carbocycles. The lowest BCUT2D eigenvalue weighted by Crippen LogP contribution is -2.51. The summed E-state index contributed by atoms with van der Waals surface area (Å²) in [5, 5.41) is 10.2. The van der Waals surface area contributed by atoms with Crippen molar-refractivity contribution in [2.45, 2.75) is 63.6 Å². The molecule has 0 unspecified atom stereocenters. The highest BCUT2D eigenvalue weighted by atomic mass is 32.1. The molecule has 0 bridgehead atoms. The average molecular weight is 417 g/mol. The van der Waals surface area contributed by atoms with E-state index >= 15 is 0 Å². The van der Waals surface area contributed by atoms with E-state index in [1.807, 2.05) is 0 Å². The van der Waals surface area contributed by atoms with Crippen molar-refractivity contribution in [2.24, 2.45) is 0 Å². The standard InChI is InChI=1S/C27H32N2S/c1-20(23-15-9-13-22-12-5-6-14-24(22)23)18-27(30)29-26-17-8-7-16-25(26)28-19-21-10-3-2-4-11-21/h2-6,9-15,20,25-26,28H,7-8,16-19H2,1H3,(H,29,30)/t20-,25-,26-/m1/s1. The summed E-state index contributed by atoms with van der Waals surface area (Å²) in [5.74, 6) is 0.399. The van der Waals surface area contributed by atoms with Gasteiger partial charge in [0, 0.05) is 25.0 Å². The monoisotopic (exact) mass is 416 g/mol. The summed E-state index contributed by atoms with van der Waals surface area (Å²) in [4.78, 5) is 0.994. The van der Waals surface area contributed by atoms with Gasteiger partial charge in [0.05, 0.1) is 4.99 Å². The summed E-state index contributed by atoms with van der Waals surface area (Å²) < 4.78 is 0. The maximum atomic E-state index is 5.83. The molecule has 0 heterocycles. The summed E-state index contributed by atoms with van der Waals surface area (Å²) in [6, 6.07) is 26.8. The molecule has 0 radical (unpaired) electrons. The van der Waals surface area contributed by atoms with Crippen molar-refractivity contribution in [3.05, 3.63) is 83.9 Å². The number of fused-ring (bicyclic) bond motifs is 1. The van der Waals surface area contributed by atoms with Crippen molar-refractivity contribution in [3.8, 4) is 0 Å². The van der Waals surface area contributed by atoms with Crippen LogP contribution in [-0.2, 0) is 6.54 Å². The lowest BCUT2D eigenvalue weighted by Gasteiger charge is -2.34. The van der Waals surface area contributed by atoms with Crippen LogP contribution < -0.4 is 10.6 Å². The van der Waals surface area contributed by atoms with Gasteiger partial charge in [0.25, 0.3) is 0 Å². The molecule has 1 fully saturated rings. The second-order valence-electron chi connectivity index (χ2n) is 8.61. The Morgan fingerprint density at radius 1 is 0.900 bits per heavy atom. The molecule has 0 saturated heterocycles. The molecule has 3 aromatic carbocycles. The second-order valence-corrected chi connectivity index (χ2v) is 9.10. The maximum absolute atomic E-state index is 5.83. The fourth-order valence-electron chi connectivity index (χ4n) is 4.73. The zero-order valence-electron chi connectivity index (χ0n) is 17.8. The van der Waals surface area contributed by atoms with Crippen LogP contribution in [0.4, 0.5) is 0 Å². The minimum absolute atomic E-state index is 0.399. The van der Waals surface area contributed by atoms with Crippen molar-refractivity contribution < 1.29 is 0 Å². The molecule has 2 nitrogen and oxygen atoms in total. The van der Waals surface area contributed by atoms with Crippen molar-refractivity contribution in [1.82, 2.24) is 10.6 Å². The third-order valence-corrected chi connectivity index (χ3v) is 6.65. The van der Waals surface area contributed by atoms with Gasteiger partial charge in [-0.05, 0) is 40.7 Å². The predicted octanol–water partition coefficient (Wildman–Crippen LogP) is 6.35. The zero-order chi connectivity index (χ0) is 20.8. The Balaban J connectivity index is 1.36. The van der Waals surface area contributed by atoms with Crippen molar-refractivity contribution in [1.29, 1.82) is 0 Å². The van der Waals surface area contributed by atoms with E-state index in [-0.39, 0.29) is 0 Å². The Hall–Kier alpha value is -2.23. The van der Waals surface area contributed by atoms with Crippen LogP contribution in [0.2, 0.25) is 0 Å². The van der Waals surface area contributed by atoms with Gasteiger partial charge >= 0.3 is 0 Å². The molecule has 0 aromatic heterocycles. The molecule has 0 spiro atoms. The number of benzene rings is 3. The van der Waals surface area contributed by atoms with Gasteiger partial charge in [-0.2, -0.15) is 0 Å². The van der Waals surface area contributed by atoms with E-state index < -0.39 is 0 Å². The molecule has 3 aromatic rings. The molecule has 4 rings (SSSR count). The third kappa shape index (κ3) is 5.27. The predicted molar refractivity (Wildman–Crippen MR) is 132 cm³/mol.